The third kappa shape index (κ3) is 3.22. The molecule has 1 saturated carbocycles. The van der Waals surface area contributed by atoms with Gasteiger partial charge in [-0.25, -0.2) is 0 Å². The van der Waals surface area contributed by atoms with Gasteiger partial charge >= 0.3 is 0 Å². The lowest BCUT2D eigenvalue weighted by Gasteiger charge is -2.32. The van der Waals surface area contributed by atoms with Gasteiger partial charge in [-0.1, -0.05) is 24.3 Å². The highest BCUT2D eigenvalue weighted by atomic mass is 16.5. The second-order valence-electron chi connectivity index (χ2n) is 7.82. The van der Waals surface area contributed by atoms with Crippen LogP contribution >= 0.6 is 0 Å². The standard InChI is InChI=1S/C23H24N2O4/c26-22(24-11-13-28-20-7-3-1-5-18(20)24)16-9-10-17(15-16)23(27)25-12-14-29-21-8-4-2-6-19(21)25/h1-8,16-17H,9-15H2/t16-,17+. The van der Waals surface area contributed by atoms with E-state index in [-0.39, 0.29) is 23.7 Å². The summed E-state index contributed by atoms with van der Waals surface area (Å²) in [5.74, 6) is 1.49. The lowest BCUT2D eigenvalue weighted by molar-refractivity contribution is -0.123. The normalized spacial score (nSPS) is 22.9. The van der Waals surface area contributed by atoms with Gasteiger partial charge in [-0.15, -0.1) is 0 Å². The van der Waals surface area contributed by atoms with Crippen molar-refractivity contribution in [3.05, 3.63) is 48.5 Å². The molecule has 0 aromatic heterocycles. The van der Waals surface area contributed by atoms with Gasteiger partial charge in [-0.3, -0.25) is 9.59 Å². The van der Waals surface area contributed by atoms with E-state index in [1.165, 1.54) is 0 Å². The van der Waals surface area contributed by atoms with Gasteiger partial charge in [0.2, 0.25) is 11.8 Å². The maximum Gasteiger partial charge on any atom is 0.230 e. The highest BCUT2D eigenvalue weighted by molar-refractivity contribution is 6.00. The molecule has 0 bridgehead atoms. The van der Waals surface area contributed by atoms with Gasteiger partial charge in [0.25, 0.3) is 0 Å². The third-order valence-corrected chi connectivity index (χ3v) is 6.12. The predicted molar refractivity (Wildman–Crippen MR) is 109 cm³/mol. The zero-order valence-corrected chi connectivity index (χ0v) is 16.3. The van der Waals surface area contributed by atoms with Crippen LogP contribution in [0.2, 0.25) is 0 Å². The van der Waals surface area contributed by atoms with Crippen LogP contribution in [0.25, 0.3) is 0 Å². The topological polar surface area (TPSA) is 59.1 Å². The van der Waals surface area contributed by atoms with Crippen molar-refractivity contribution in [2.75, 3.05) is 36.1 Å². The zero-order chi connectivity index (χ0) is 19.8. The van der Waals surface area contributed by atoms with Gasteiger partial charge in [0.1, 0.15) is 24.7 Å². The molecule has 0 spiro atoms. The minimum Gasteiger partial charge on any atom is -0.490 e. The van der Waals surface area contributed by atoms with E-state index in [2.05, 4.69) is 0 Å². The van der Waals surface area contributed by atoms with Gasteiger partial charge in [-0.2, -0.15) is 0 Å². The van der Waals surface area contributed by atoms with Crippen LogP contribution in [-0.4, -0.2) is 38.1 Å². The Hall–Kier alpha value is -3.02. The van der Waals surface area contributed by atoms with Crippen LogP contribution in [0.3, 0.4) is 0 Å². The Morgan fingerprint density at radius 1 is 0.724 bits per heavy atom. The molecule has 150 valence electrons. The summed E-state index contributed by atoms with van der Waals surface area (Å²) in [6, 6.07) is 15.3. The fraction of sp³-hybridized carbons (Fsp3) is 0.391. The average Bonchev–Trinajstić information content (AvgIpc) is 3.28. The van der Waals surface area contributed by atoms with E-state index in [0.717, 1.165) is 35.7 Å². The molecule has 2 atom stereocenters. The molecule has 6 heteroatoms. The molecule has 0 unspecified atom stereocenters. The predicted octanol–water partition coefficient (Wildman–Crippen LogP) is 3.25. The molecular formula is C23H24N2O4. The van der Waals surface area contributed by atoms with E-state index in [1.807, 2.05) is 58.3 Å². The van der Waals surface area contributed by atoms with E-state index >= 15 is 0 Å². The van der Waals surface area contributed by atoms with E-state index < -0.39 is 0 Å². The number of hydrogen-bond acceptors (Lipinski definition) is 4. The van der Waals surface area contributed by atoms with Crippen LogP contribution in [0.15, 0.2) is 48.5 Å². The minimum atomic E-state index is -0.119. The smallest absolute Gasteiger partial charge is 0.230 e. The summed E-state index contributed by atoms with van der Waals surface area (Å²) in [5, 5.41) is 0. The van der Waals surface area contributed by atoms with Gasteiger partial charge in [0, 0.05) is 11.8 Å². The number of hydrogen-bond donors (Lipinski definition) is 0. The van der Waals surface area contributed by atoms with Crippen molar-refractivity contribution in [1.82, 2.24) is 0 Å². The quantitative estimate of drug-likeness (QED) is 0.787. The van der Waals surface area contributed by atoms with Crippen LogP contribution in [0, 0.1) is 11.8 Å². The Kier molecular flexibility index (Phi) is 4.62. The van der Waals surface area contributed by atoms with E-state index in [0.29, 0.717) is 32.7 Å². The molecule has 0 saturated heterocycles. The van der Waals surface area contributed by atoms with Gasteiger partial charge in [0.15, 0.2) is 0 Å². The van der Waals surface area contributed by atoms with Crippen molar-refractivity contribution in [3.8, 4) is 11.5 Å². The van der Waals surface area contributed by atoms with Crippen molar-refractivity contribution >= 4 is 23.2 Å². The van der Waals surface area contributed by atoms with Crippen LogP contribution in [0.1, 0.15) is 19.3 Å². The number of rotatable bonds is 2. The molecule has 2 aromatic carbocycles. The first kappa shape index (κ1) is 18.0. The summed E-state index contributed by atoms with van der Waals surface area (Å²) in [6.07, 6.45) is 2.11. The number of ether oxygens (including phenoxy) is 2. The minimum absolute atomic E-state index is 0.110. The molecule has 1 fully saturated rings. The highest BCUT2D eigenvalue weighted by Gasteiger charge is 2.40. The number of carbonyl (C=O) groups is 2. The summed E-state index contributed by atoms with van der Waals surface area (Å²) in [6.45, 7) is 2.12. The summed E-state index contributed by atoms with van der Waals surface area (Å²) >= 11 is 0. The Balaban J connectivity index is 1.30. The van der Waals surface area contributed by atoms with Crippen molar-refractivity contribution in [2.24, 2.45) is 11.8 Å². The second-order valence-corrected chi connectivity index (χ2v) is 7.82. The summed E-state index contributed by atoms with van der Waals surface area (Å²) in [5.41, 5.74) is 1.67. The summed E-state index contributed by atoms with van der Waals surface area (Å²) in [4.78, 5) is 30.1. The molecule has 0 radical (unpaired) electrons. The first-order valence-electron chi connectivity index (χ1n) is 10.3. The number of fused-ring (bicyclic) bond motifs is 2. The highest BCUT2D eigenvalue weighted by Crippen LogP contribution is 2.39. The van der Waals surface area contributed by atoms with Crippen molar-refractivity contribution in [1.29, 1.82) is 0 Å². The van der Waals surface area contributed by atoms with Gasteiger partial charge < -0.3 is 19.3 Å². The van der Waals surface area contributed by atoms with Gasteiger partial charge in [-0.05, 0) is 43.5 Å². The van der Waals surface area contributed by atoms with Crippen LogP contribution in [0.5, 0.6) is 11.5 Å². The molecule has 2 amide bonds. The zero-order valence-electron chi connectivity index (χ0n) is 16.3. The Morgan fingerprint density at radius 3 is 1.66 bits per heavy atom. The summed E-state index contributed by atoms with van der Waals surface area (Å²) in [7, 11) is 0. The van der Waals surface area contributed by atoms with Crippen molar-refractivity contribution in [2.45, 2.75) is 19.3 Å². The molecule has 5 rings (SSSR count). The second kappa shape index (κ2) is 7.43. The third-order valence-electron chi connectivity index (χ3n) is 6.12. The van der Waals surface area contributed by atoms with E-state index in [9.17, 15) is 9.59 Å². The van der Waals surface area contributed by atoms with E-state index in [1.54, 1.807) is 0 Å². The number of para-hydroxylation sites is 4. The number of anilines is 2. The fourth-order valence-corrected chi connectivity index (χ4v) is 4.67. The Bertz CT molecular complexity index is 868. The summed E-state index contributed by atoms with van der Waals surface area (Å²) < 4.78 is 11.3. The van der Waals surface area contributed by atoms with Crippen LogP contribution < -0.4 is 19.3 Å². The fourth-order valence-electron chi connectivity index (χ4n) is 4.67. The SMILES string of the molecule is O=C([C@@H]1CC[C@H](C(=O)N2CCOc3ccccc32)C1)N1CCOc2ccccc21. The van der Waals surface area contributed by atoms with E-state index in [4.69, 9.17) is 9.47 Å². The number of nitrogens with zero attached hydrogens (tertiary/aromatic N) is 2. The monoisotopic (exact) mass is 392 g/mol. The number of carbonyl (C=O) groups excluding carboxylic acids is 2. The number of benzene rings is 2. The van der Waals surface area contributed by atoms with Crippen LogP contribution in [-0.2, 0) is 9.59 Å². The van der Waals surface area contributed by atoms with Crippen molar-refractivity contribution < 1.29 is 19.1 Å². The van der Waals surface area contributed by atoms with Gasteiger partial charge in [0.05, 0.1) is 24.5 Å². The molecule has 2 aliphatic heterocycles. The molecule has 6 nitrogen and oxygen atoms in total. The molecule has 29 heavy (non-hydrogen) atoms. The lowest BCUT2D eigenvalue weighted by atomic mass is 10.0. The first-order valence-corrected chi connectivity index (χ1v) is 10.3. The Morgan fingerprint density at radius 2 is 1.17 bits per heavy atom. The lowest BCUT2D eigenvalue weighted by Crippen LogP contribution is -2.42. The molecule has 1 aliphatic carbocycles. The average molecular weight is 392 g/mol. The molecule has 2 aromatic rings. The Labute approximate surface area is 170 Å². The molecule has 0 N–H and O–H groups in total. The van der Waals surface area contributed by atoms with Crippen molar-refractivity contribution in [3.63, 3.8) is 0 Å². The largest absolute Gasteiger partial charge is 0.490 e. The molecule has 2 heterocycles. The maximum atomic E-state index is 13.2. The molecular weight excluding hydrogens is 368 g/mol. The first-order chi connectivity index (χ1) is 14.2. The number of amides is 2. The maximum absolute atomic E-state index is 13.2. The molecule has 3 aliphatic rings. The van der Waals surface area contributed by atoms with Crippen LogP contribution in [0.4, 0.5) is 11.4 Å².